The first-order chi connectivity index (χ1) is 13.1. The summed E-state index contributed by atoms with van der Waals surface area (Å²) in [5.74, 6) is -0.533. The molecule has 0 aliphatic rings. The molecule has 1 amide bonds. The molecule has 0 aliphatic heterocycles. The zero-order valence-electron chi connectivity index (χ0n) is 14.1. The molecule has 0 spiro atoms. The zero-order chi connectivity index (χ0) is 18.8. The maximum atomic E-state index is 12.7. The number of carbonyl (C=O) groups excluding carboxylic acids is 1. The summed E-state index contributed by atoms with van der Waals surface area (Å²) in [4.78, 5) is 25.0. The van der Waals surface area contributed by atoms with Gasteiger partial charge in [0.15, 0.2) is 0 Å². The number of hydrogen-bond donors (Lipinski definition) is 1. The van der Waals surface area contributed by atoms with Crippen LogP contribution in [0.2, 0.25) is 5.02 Å². The van der Waals surface area contributed by atoms with Crippen molar-refractivity contribution in [3.05, 3.63) is 99.9 Å². The third-order valence-electron chi connectivity index (χ3n) is 4.20. The van der Waals surface area contributed by atoms with Gasteiger partial charge in [-0.15, -0.1) is 0 Å². The summed E-state index contributed by atoms with van der Waals surface area (Å²) in [5.41, 5.74) is 2.04. The third-order valence-corrected chi connectivity index (χ3v) is 4.43. The second-order valence-corrected chi connectivity index (χ2v) is 6.43. The summed E-state index contributed by atoms with van der Waals surface area (Å²) in [6, 6.07) is 23.5. The number of rotatable bonds is 3. The molecule has 0 radical (unpaired) electrons. The lowest BCUT2D eigenvalue weighted by Crippen LogP contribution is -2.21. The number of amides is 1. The van der Waals surface area contributed by atoms with Crippen LogP contribution in [0.15, 0.2) is 88.1 Å². The van der Waals surface area contributed by atoms with E-state index < -0.39 is 11.5 Å². The fourth-order valence-corrected chi connectivity index (χ4v) is 3.08. The Hall–Kier alpha value is -3.37. The first-order valence-electron chi connectivity index (χ1n) is 8.31. The van der Waals surface area contributed by atoms with Gasteiger partial charge >= 0.3 is 5.63 Å². The maximum Gasteiger partial charge on any atom is 0.349 e. The van der Waals surface area contributed by atoms with E-state index in [1.807, 2.05) is 48.5 Å². The number of fused-ring (bicyclic) bond motifs is 1. The Morgan fingerprint density at radius 2 is 1.63 bits per heavy atom. The largest absolute Gasteiger partial charge is 0.422 e. The summed E-state index contributed by atoms with van der Waals surface area (Å²) in [7, 11) is 0. The number of carbonyl (C=O) groups is 1. The van der Waals surface area contributed by atoms with Crippen molar-refractivity contribution in [2.75, 3.05) is 5.32 Å². The molecule has 132 valence electrons. The molecular weight excluding hydrogens is 362 g/mol. The van der Waals surface area contributed by atoms with Gasteiger partial charge in [0.2, 0.25) is 0 Å². The molecule has 0 bridgehead atoms. The molecule has 0 fully saturated rings. The van der Waals surface area contributed by atoms with E-state index in [0.717, 1.165) is 11.1 Å². The SMILES string of the molecule is O=C(Nc1ccccc1-c1ccccc1)c1cc2cc(Cl)ccc2oc1=O. The van der Waals surface area contributed by atoms with Crippen molar-refractivity contribution in [2.45, 2.75) is 0 Å². The topological polar surface area (TPSA) is 59.3 Å². The molecule has 0 aliphatic carbocycles. The summed E-state index contributed by atoms with van der Waals surface area (Å²) < 4.78 is 5.25. The highest BCUT2D eigenvalue weighted by Crippen LogP contribution is 2.28. The van der Waals surface area contributed by atoms with Crippen LogP contribution in [0.4, 0.5) is 5.69 Å². The van der Waals surface area contributed by atoms with Crippen LogP contribution in [0.25, 0.3) is 22.1 Å². The van der Waals surface area contributed by atoms with Crippen LogP contribution in [0.1, 0.15) is 10.4 Å². The molecule has 0 atom stereocenters. The highest BCUT2D eigenvalue weighted by molar-refractivity contribution is 6.31. The highest BCUT2D eigenvalue weighted by Gasteiger charge is 2.16. The standard InChI is InChI=1S/C22H14ClNO3/c23-16-10-11-20-15(12-16)13-18(22(26)27-20)21(25)24-19-9-5-4-8-17(19)14-6-2-1-3-7-14/h1-13H,(H,24,25). The van der Waals surface area contributed by atoms with E-state index in [-0.39, 0.29) is 5.56 Å². The van der Waals surface area contributed by atoms with Crippen molar-refractivity contribution in [1.82, 2.24) is 0 Å². The molecule has 5 heteroatoms. The highest BCUT2D eigenvalue weighted by atomic mass is 35.5. The van der Waals surface area contributed by atoms with E-state index in [1.165, 1.54) is 6.07 Å². The van der Waals surface area contributed by atoms with Crippen LogP contribution >= 0.6 is 11.6 Å². The van der Waals surface area contributed by atoms with Gasteiger partial charge in [-0.2, -0.15) is 0 Å². The predicted molar refractivity (Wildman–Crippen MR) is 107 cm³/mol. The predicted octanol–water partition coefficient (Wildman–Crippen LogP) is 5.37. The first-order valence-corrected chi connectivity index (χ1v) is 8.69. The Bertz CT molecular complexity index is 1200. The summed E-state index contributed by atoms with van der Waals surface area (Å²) in [5, 5.41) is 3.90. The van der Waals surface area contributed by atoms with Crippen LogP contribution in [-0.4, -0.2) is 5.91 Å². The quantitative estimate of drug-likeness (QED) is 0.490. The number of benzene rings is 3. The molecule has 4 aromatic rings. The minimum Gasteiger partial charge on any atom is -0.422 e. The van der Waals surface area contributed by atoms with Gasteiger partial charge in [0.1, 0.15) is 11.1 Å². The van der Waals surface area contributed by atoms with Crippen LogP contribution in [0.5, 0.6) is 0 Å². The number of hydrogen-bond acceptors (Lipinski definition) is 3. The number of halogens is 1. The van der Waals surface area contributed by atoms with Crippen molar-refractivity contribution < 1.29 is 9.21 Å². The Morgan fingerprint density at radius 1 is 0.889 bits per heavy atom. The normalized spacial score (nSPS) is 10.7. The first kappa shape index (κ1) is 17.1. The molecule has 0 saturated heterocycles. The molecule has 1 N–H and O–H groups in total. The van der Waals surface area contributed by atoms with Gasteiger partial charge < -0.3 is 9.73 Å². The molecule has 3 aromatic carbocycles. The van der Waals surface area contributed by atoms with E-state index in [1.54, 1.807) is 24.3 Å². The van der Waals surface area contributed by atoms with E-state index in [4.69, 9.17) is 16.0 Å². The lowest BCUT2D eigenvalue weighted by atomic mass is 10.0. The number of nitrogens with one attached hydrogen (secondary N) is 1. The summed E-state index contributed by atoms with van der Waals surface area (Å²) in [6.07, 6.45) is 0. The minimum atomic E-state index is -0.695. The number of para-hydroxylation sites is 1. The molecule has 0 saturated carbocycles. The van der Waals surface area contributed by atoms with E-state index >= 15 is 0 Å². The smallest absolute Gasteiger partial charge is 0.349 e. The minimum absolute atomic E-state index is 0.0763. The van der Waals surface area contributed by atoms with Crippen LogP contribution in [0.3, 0.4) is 0 Å². The molecule has 1 aromatic heterocycles. The second kappa shape index (κ2) is 7.09. The van der Waals surface area contributed by atoms with Gasteiger partial charge in [-0.1, -0.05) is 60.1 Å². The zero-order valence-corrected chi connectivity index (χ0v) is 14.9. The van der Waals surface area contributed by atoms with Gasteiger partial charge in [0.25, 0.3) is 5.91 Å². The van der Waals surface area contributed by atoms with Gasteiger partial charge in [-0.05, 0) is 35.9 Å². The van der Waals surface area contributed by atoms with Gasteiger partial charge in [-0.3, -0.25) is 4.79 Å². The van der Waals surface area contributed by atoms with Gasteiger partial charge in [0.05, 0.1) is 0 Å². The summed E-state index contributed by atoms with van der Waals surface area (Å²) in [6.45, 7) is 0. The fraction of sp³-hybridized carbons (Fsp3) is 0. The van der Waals surface area contributed by atoms with Crippen molar-refractivity contribution in [3.8, 4) is 11.1 Å². The number of anilines is 1. The van der Waals surface area contributed by atoms with Crippen molar-refractivity contribution in [2.24, 2.45) is 0 Å². The van der Waals surface area contributed by atoms with Crippen molar-refractivity contribution in [1.29, 1.82) is 0 Å². The van der Waals surface area contributed by atoms with Crippen LogP contribution in [-0.2, 0) is 0 Å². The van der Waals surface area contributed by atoms with Crippen molar-refractivity contribution in [3.63, 3.8) is 0 Å². The van der Waals surface area contributed by atoms with Crippen LogP contribution < -0.4 is 10.9 Å². The molecule has 4 rings (SSSR count). The van der Waals surface area contributed by atoms with Gasteiger partial charge in [-0.25, -0.2) is 4.79 Å². The van der Waals surface area contributed by atoms with E-state index in [0.29, 0.717) is 21.7 Å². The van der Waals surface area contributed by atoms with Crippen LogP contribution in [0, 0.1) is 0 Å². The summed E-state index contributed by atoms with van der Waals surface area (Å²) >= 11 is 5.99. The lowest BCUT2D eigenvalue weighted by molar-refractivity contribution is 0.102. The van der Waals surface area contributed by atoms with E-state index in [2.05, 4.69) is 5.32 Å². The molecule has 27 heavy (non-hydrogen) atoms. The Balaban J connectivity index is 1.73. The fourth-order valence-electron chi connectivity index (χ4n) is 2.90. The monoisotopic (exact) mass is 375 g/mol. The molecule has 0 unspecified atom stereocenters. The Kier molecular flexibility index (Phi) is 4.48. The average Bonchev–Trinajstić information content (AvgIpc) is 2.69. The van der Waals surface area contributed by atoms with Gasteiger partial charge in [0, 0.05) is 21.7 Å². The lowest BCUT2D eigenvalue weighted by Gasteiger charge is -2.11. The Morgan fingerprint density at radius 3 is 2.44 bits per heavy atom. The van der Waals surface area contributed by atoms with Crippen molar-refractivity contribution >= 4 is 34.2 Å². The average molecular weight is 376 g/mol. The third kappa shape index (κ3) is 3.48. The Labute approximate surface area is 160 Å². The molecular formula is C22H14ClNO3. The van der Waals surface area contributed by atoms with E-state index in [9.17, 15) is 9.59 Å². The maximum absolute atomic E-state index is 12.7. The molecule has 1 heterocycles. The second-order valence-electron chi connectivity index (χ2n) is 6.00. The molecule has 4 nitrogen and oxygen atoms in total.